The molecule has 2 heterocycles. The minimum Gasteiger partial charge on any atom is -0.507 e. The zero-order chi connectivity index (χ0) is 49.2. The van der Waals surface area contributed by atoms with E-state index in [2.05, 4.69) is 15.3 Å². The van der Waals surface area contributed by atoms with Gasteiger partial charge in [-0.15, -0.1) is 0 Å². The fourth-order valence-electron chi connectivity index (χ4n) is 8.39. The van der Waals surface area contributed by atoms with Crippen molar-refractivity contribution in [2.45, 2.75) is 97.6 Å². The summed E-state index contributed by atoms with van der Waals surface area (Å²) in [6.45, 7) is 11.8. The standard InChI is InChI=1S/C51H64N8O8/c1-29-23-43(63)47(59(7)50(65)34(16-18-53)27-42(62)46-30(2)56-48(57-31(46)3)36-13-12-35(28-41(36)61)51(4,5)6)33-11-15-45(67-22-20-55)38(26-33)37-24-32(10-14-44(37)66-21-19-54)25-39(58-49(29)64)40(60)9-8-17-52/h10-15,24,26,28-29,34,39,47,61H,8-9,16,18-23,25,27,53-55H2,1-7H3,(H,58,64)/t29-,34-,39+,47+/m1/s1. The molecule has 0 fully saturated rings. The van der Waals surface area contributed by atoms with E-state index < -0.39 is 47.3 Å². The van der Waals surface area contributed by atoms with E-state index in [1.165, 1.54) is 11.9 Å². The molecule has 0 saturated heterocycles. The van der Waals surface area contributed by atoms with Gasteiger partial charge in [0.1, 0.15) is 36.5 Å². The molecule has 0 saturated carbocycles. The number of carbonyl (C=O) groups excluding carboxylic acids is 5. The Hall–Kier alpha value is -6.54. The molecule has 0 spiro atoms. The smallest absolute Gasteiger partial charge is 0.226 e. The lowest BCUT2D eigenvalue weighted by Gasteiger charge is -2.32. The second kappa shape index (κ2) is 22.8. The van der Waals surface area contributed by atoms with Crippen LogP contribution in [0, 0.1) is 37.0 Å². The number of Topliss-reactive ketones (excluding diaryl/α,β-unsaturated/α-hetero) is 3. The maximum atomic E-state index is 14.8. The van der Waals surface area contributed by atoms with Crippen LogP contribution in [-0.4, -0.2) is 95.1 Å². The minimum atomic E-state index is -1.27. The molecule has 1 aliphatic rings. The maximum Gasteiger partial charge on any atom is 0.226 e. The normalized spacial score (nSPS) is 16.8. The van der Waals surface area contributed by atoms with Crippen molar-refractivity contribution < 1.29 is 38.6 Å². The van der Waals surface area contributed by atoms with Crippen LogP contribution in [0.1, 0.15) is 104 Å². The van der Waals surface area contributed by atoms with Gasteiger partial charge < -0.3 is 42.0 Å². The van der Waals surface area contributed by atoms with Crippen LogP contribution in [0.4, 0.5) is 0 Å². The highest BCUT2D eigenvalue weighted by atomic mass is 16.5. The Balaban J connectivity index is 1.58. The number of nitrogens with two attached hydrogens (primary N) is 3. The Kier molecular flexibility index (Phi) is 17.5. The summed E-state index contributed by atoms with van der Waals surface area (Å²) in [4.78, 5) is 81.7. The first-order valence-corrected chi connectivity index (χ1v) is 22.7. The van der Waals surface area contributed by atoms with Crippen molar-refractivity contribution >= 4 is 29.2 Å². The van der Waals surface area contributed by atoms with E-state index in [9.17, 15) is 34.3 Å². The van der Waals surface area contributed by atoms with Gasteiger partial charge in [-0.2, -0.15) is 5.26 Å². The first-order valence-electron chi connectivity index (χ1n) is 22.7. The van der Waals surface area contributed by atoms with Gasteiger partial charge in [0.15, 0.2) is 23.2 Å². The van der Waals surface area contributed by atoms with Gasteiger partial charge in [0.05, 0.1) is 34.6 Å². The van der Waals surface area contributed by atoms with Crippen molar-refractivity contribution in [2.24, 2.45) is 29.0 Å². The lowest BCUT2D eigenvalue weighted by Crippen LogP contribution is -2.46. The number of ether oxygens (including phenoxy) is 2. The SMILES string of the molecule is Cc1nc(-c2ccc(C(C)(C)C)cc2O)nc(C)c1C(=O)C[C@@H](CCN)C(=O)N(C)[C@@H]1C(=O)C[C@@H](C)C(=O)N[C@H](C(=O)CCC#N)Cc2ccc(OCCN)c(c2)-c2cc1ccc2OCCN. The van der Waals surface area contributed by atoms with Crippen LogP contribution in [0.2, 0.25) is 0 Å². The van der Waals surface area contributed by atoms with Gasteiger partial charge in [-0.1, -0.05) is 45.9 Å². The van der Waals surface area contributed by atoms with Crippen LogP contribution in [-0.2, 0) is 31.0 Å². The average molecular weight is 917 g/mol. The van der Waals surface area contributed by atoms with E-state index in [0.29, 0.717) is 50.7 Å². The van der Waals surface area contributed by atoms with Crippen LogP contribution in [0.25, 0.3) is 22.5 Å². The molecule has 1 aliphatic heterocycles. The molecule has 1 aromatic heterocycles. The molecule has 3 aromatic carbocycles. The van der Waals surface area contributed by atoms with E-state index in [-0.39, 0.29) is 99.7 Å². The number of aromatic nitrogens is 2. The third-order valence-electron chi connectivity index (χ3n) is 12.0. The van der Waals surface area contributed by atoms with E-state index in [0.717, 1.165) is 5.56 Å². The van der Waals surface area contributed by atoms with Crippen molar-refractivity contribution in [1.82, 2.24) is 20.2 Å². The van der Waals surface area contributed by atoms with Crippen LogP contribution in [0.3, 0.4) is 0 Å². The first kappa shape index (κ1) is 51.4. The number of hydrogen-bond donors (Lipinski definition) is 5. The molecule has 5 rings (SSSR count). The fourth-order valence-corrected chi connectivity index (χ4v) is 8.39. The van der Waals surface area contributed by atoms with Crippen LogP contribution >= 0.6 is 0 Å². The summed E-state index contributed by atoms with van der Waals surface area (Å²) in [6.07, 6.45) is -0.530. The maximum absolute atomic E-state index is 14.8. The number of phenolic OH excluding ortho intramolecular Hbond substituents is 1. The van der Waals surface area contributed by atoms with E-state index in [1.807, 2.05) is 39.0 Å². The zero-order valence-electron chi connectivity index (χ0n) is 39.6. The van der Waals surface area contributed by atoms with Crippen LogP contribution in [0.15, 0.2) is 54.6 Å². The second-order valence-corrected chi connectivity index (χ2v) is 18.1. The summed E-state index contributed by atoms with van der Waals surface area (Å²) < 4.78 is 12.2. The third kappa shape index (κ3) is 12.5. The number of aryl methyl sites for hydroxylation is 2. The summed E-state index contributed by atoms with van der Waals surface area (Å²) in [5, 5.41) is 23.0. The van der Waals surface area contributed by atoms with Gasteiger partial charge in [0, 0.05) is 68.8 Å². The molecule has 4 atom stereocenters. The number of hydrogen-bond acceptors (Lipinski definition) is 14. The van der Waals surface area contributed by atoms with Gasteiger partial charge in [-0.3, -0.25) is 24.0 Å². The number of fused-ring (bicyclic) bond motifs is 5. The van der Waals surface area contributed by atoms with E-state index >= 15 is 0 Å². The highest BCUT2D eigenvalue weighted by Gasteiger charge is 2.37. The Bertz CT molecular complexity index is 2510. The molecule has 16 heteroatoms. The van der Waals surface area contributed by atoms with Gasteiger partial charge in [0.2, 0.25) is 11.8 Å². The van der Waals surface area contributed by atoms with Crippen molar-refractivity contribution in [3.8, 4) is 45.8 Å². The number of amides is 2. The summed E-state index contributed by atoms with van der Waals surface area (Å²) >= 11 is 0. The molecule has 4 aromatic rings. The van der Waals surface area contributed by atoms with E-state index in [1.54, 1.807) is 63.2 Å². The lowest BCUT2D eigenvalue weighted by molar-refractivity contribution is -0.142. The Morgan fingerprint density at radius 3 is 2.10 bits per heavy atom. The number of rotatable bonds is 17. The molecule has 67 heavy (non-hydrogen) atoms. The van der Waals surface area contributed by atoms with Crippen LogP contribution in [0.5, 0.6) is 17.2 Å². The number of nitriles is 1. The number of aromatic hydroxyl groups is 1. The number of phenols is 1. The predicted molar refractivity (Wildman–Crippen MR) is 254 cm³/mol. The topological polar surface area (TPSA) is 267 Å². The number of carbonyl (C=O) groups is 5. The Labute approximate surface area is 392 Å². The molecule has 16 nitrogen and oxygen atoms in total. The Morgan fingerprint density at radius 1 is 0.896 bits per heavy atom. The highest BCUT2D eigenvalue weighted by molar-refractivity contribution is 6.01. The average Bonchev–Trinajstić information content (AvgIpc) is 3.28. The molecule has 4 bridgehead atoms. The molecular weight excluding hydrogens is 853 g/mol. The number of likely N-dealkylation sites (N-methyl/N-ethyl adjacent to an activating group) is 1. The molecule has 0 aliphatic carbocycles. The second-order valence-electron chi connectivity index (χ2n) is 18.1. The van der Waals surface area contributed by atoms with Crippen molar-refractivity contribution in [1.29, 1.82) is 5.26 Å². The summed E-state index contributed by atoms with van der Waals surface area (Å²) in [7, 11) is 1.48. The summed E-state index contributed by atoms with van der Waals surface area (Å²) in [5.74, 6) is -3.13. The summed E-state index contributed by atoms with van der Waals surface area (Å²) in [5.41, 5.74) is 22.0. The summed E-state index contributed by atoms with van der Waals surface area (Å²) in [6, 6.07) is 15.5. The molecule has 356 valence electrons. The number of nitrogens with zero attached hydrogens (tertiary/aromatic N) is 4. The van der Waals surface area contributed by atoms with Crippen LogP contribution < -0.4 is 32.0 Å². The molecule has 0 radical (unpaired) electrons. The highest BCUT2D eigenvalue weighted by Crippen LogP contribution is 2.41. The number of benzene rings is 3. The molecule has 2 amide bonds. The molecule has 8 N–H and O–H groups in total. The number of ketones is 3. The fraction of sp³-hybridized carbons (Fsp3) is 0.451. The van der Waals surface area contributed by atoms with Gasteiger partial charge in [0.25, 0.3) is 0 Å². The largest absolute Gasteiger partial charge is 0.507 e. The zero-order valence-corrected chi connectivity index (χ0v) is 39.6. The molecule has 0 unspecified atom stereocenters. The molecular formula is C51H64N8O8. The first-order chi connectivity index (χ1) is 31.8. The van der Waals surface area contributed by atoms with Crippen molar-refractivity contribution in [2.75, 3.05) is 39.9 Å². The van der Waals surface area contributed by atoms with Crippen molar-refractivity contribution in [3.05, 3.63) is 88.2 Å². The number of nitrogens with one attached hydrogen (secondary N) is 1. The predicted octanol–water partition coefficient (Wildman–Crippen LogP) is 5.35. The van der Waals surface area contributed by atoms with Gasteiger partial charge in [-0.05, 0) is 91.7 Å². The quantitative estimate of drug-likeness (QED) is 0.0836. The minimum absolute atomic E-state index is 0.00864. The van der Waals surface area contributed by atoms with Crippen molar-refractivity contribution in [3.63, 3.8) is 0 Å². The monoisotopic (exact) mass is 916 g/mol. The third-order valence-corrected chi connectivity index (χ3v) is 12.0. The van der Waals surface area contributed by atoms with E-state index in [4.69, 9.17) is 26.7 Å². The van der Waals surface area contributed by atoms with Gasteiger partial charge >= 0.3 is 0 Å². The lowest BCUT2D eigenvalue weighted by atomic mass is 9.86. The Morgan fingerprint density at radius 2 is 1.52 bits per heavy atom. The van der Waals surface area contributed by atoms with Gasteiger partial charge in [-0.25, -0.2) is 9.97 Å².